The molecule has 5 heteroatoms. The van der Waals surface area contributed by atoms with Crippen LogP contribution in [0.1, 0.15) is 37.0 Å². The first-order valence-corrected chi connectivity index (χ1v) is 7.63. The standard InChI is InChI=1S/C16H25N3O2/c1-12(2)19(11-13-4-7-17-8-5-13)16(20)14-6-9-18-10-15(14)21-3/h6,9-10,12-13,17H,4-5,7-8,11H2,1-3H3. The number of nitrogens with one attached hydrogen (secondary N) is 1. The van der Waals surface area contributed by atoms with Crippen molar-refractivity contribution >= 4 is 5.91 Å². The molecule has 0 aromatic carbocycles. The van der Waals surface area contributed by atoms with E-state index in [0.29, 0.717) is 17.2 Å². The van der Waals surface area contributed by atoms with Crippen LogP contribution in [0.4, 0.5) is 0 Å². The molecule has 5 nitrogen and oxygen atoms in total. The minimum Gasteiger partial charge on any atom is -0.494 e. The number of pyridine rings is 1. The van der Waals surface area contributed by atoms with Crippen LogP contribution in [0.5, 0.6) is 5.75 Å². The van der Waals surface area contributed by atoms with Crippen molar-refractivity contribution in [3.05, 3.63) is 24.0 Å². The molecule has 1 aliphatic heterocycles. The summed E-state index contributed by atoms with van der Waals surface area (Å²) in [6, 6.07) is 1.91. The summed E-state index contributed by atoms with van der Waals surface area (Å²) in [7, 11) is 1.57. The maximum atomic E-state index is 12.8. The SMILES string of the molecule is COc1cnccc1C(=O)N(CC1CCNCC1)C(C)C. The number of hydrogen-bond donors (Lipinski definition) is 1. The van der Waals surface area contributed by atoms with Crippen LogP contribution < -0.4 is 10.1 Å². The molecule has 1 N–H and O–H groups in total. The average Bonchev–Trinajstić information content (AvgIpc) is 2.52. The first-order chi connectivity index (χ1) is 10.1. The Morgan fingerprint density at radius 1 is 1.48 bits per heavy atom. The molecule has 0 spiro atoms. The van der Waals surface area contributed by atoms with Gasteiger partial charge in [0.25, 0.3) is 5.91 Å². The normalized spacial score (nSPS) is 16.0. The van der Waals surface area contributed by atoms with Crippen LogP contribution >= 0.6 is 0 Å². The van der Waals surface area contributed by atoms with Crippen LogP contribution in [-0.4, -0.2) is 48.6 Å². The summed E-state index contributed by atoms with van der Waals surface area (Å²) < 4.78 is 5.27. The molecular formula is C16H25N3O2. The van der Waals surface area contributed by atoms with Crippen LogP contribution in [0, 0.1) is 5.92 Å². The number of nitrogens with zero attached hydrogens (tertiary/aromatic N) is 2. The Morgan fingerprint density at radius 2 is 2.19 bits per heavy atom. The largest absolute Gasteiger partial charge is 0.494 e. The average molecular weight is 291 g/mol. The summed E-state index contributed by atoms with van der Waals surface area (Å²) in [5.41, 5.74) is 0.593. The second kappa shape index (κ2) is 7.41. The molecule has 0 bridgehead atoms. The van der Waals surface area contributed by atoms with Gasteiger partial charge in [-0.2, -0.15) is 0 Å². The van der Waals surface area contributed by atoms with E-state index < -0.39 is 0 Å². The highest BCUT2D eigenvalue weighted by Gasteiger charge is 2.25. The van der Waals surface area contributed by atoms with Crippen molar-refractivity contribution in [2.45, 2.75) is 32.7 Å². The molecular weight excluding hydrogens is 266 g/mol. The molecule has 116 valence electrons. The molecule has 1 aliphatic rings. The van der Waals surface area contributed by atoms with Gasteiger partial charge in [-0.3, -0.25) is 9.78 Å². The van der Waals surface area contributed by atoms with Crippen LogP contribution in [0.2, 0.25) is 0 Å². The Balaban J connectivity index is 2.14. The lowest BCUT2D eigenvalue weighted by atomic mass is 9.96. The van der Waals surface area contributed by atoms with E-state index in [-0.39, 0.29) is 11.9 Å². The van der Waals surface area contributed by atoms with E-state index in [4.69, 9.17) is 4.74 Å². The van der Waals surface area contributed by atoms with Crippen LogP contribution in [0.3, 0.4) is 0 Å². The predicted molar refractivity (Wildman–Crippen MR) is 82.6 cm³/mol. The minimum absolute atomic E-state index is 0.0304. The zero-order valence-electron chi connectivity index (χ0n) is 13.1. The molecule has 0 unspecified atom stereocenters. The fourth-order valence-corrected chi connectivity index (χ4v) is 2.74. The van der Waals surface area contributed by atoms with E-state index in [9.17, 15) is 4.79 Å². The highest BCUT2D eigenvalue weighted by Crippen LogP contribution is 2.22. The number of carbonyl (C=O) groups is 1. The summed E-state index contributed by atoms with van der Waals surface area (Å²) in [6.45, 7) is 7.02. The molecule has 1 aromatic rings. The van der Waals surface area contributed by atoms with Gasteiger partial charge in [-0.1, -0.05) is 0 Å². The van der Waals surface area contributed by atoms with Gasteiger partial charge in [-0.15, -0.1) is 0 Å². The summed E-state index contributed by atoms with van der Waals surface area (Å²) in [4.78, 5) is 18.8. The number of ether oxygens (including phenoxy) is 1. The first-order valence-electron chi connectivity index (χ1n) is 7.63. The molecule has 0 radical (unpaired) electrons. The van der Waals surface area contributed by atoms with Crippen LogP contribution in [-0.2, 0) is 0 Å². The van der Waals surface area contributed by atoms with Crippen molar-refractivity contribution < 1.29 is 9.53 Å². The monoisotopic (exact) mass is 291 g/mol. The van der Waals surface area contributed by atoms with E-state index in [2.05, 4.69) is 24.1 Å². The quantitative estimate of drug-likeness (QED) is 0.901. The molecule has 0 aliphatic carbocycles. The lowest BCUT2D eigenvalue weighted by molar-refractivity contribution is 0.0654. The van der Waals surface area contributed by atoms with Gasteiger partial charge in [0, 0.05) is 18.8 Å². The van der Waals surface area contributed by atoms with Crippen molar-refractivity contribution in [3.63, 3.8) is 0 Å². The minimum atomic E-state index is 0.0304. The third kappa shape index (κ3) is 3.94. The molecule has 0 saturated carbocycles. The van der Waals surface area contributed by atoms with Gasteiger partial charge in [0.2, 0.25) is 0 Å². The topological polar surface area (TPSA) is 54.5 Å². The highest BCUT2D eigenvalue weighted by atomic mass is 16.5. The fourth-order valence-electron chi connectivity index (χ4n) is 2.74. The van der Waals surface area contributed by atoms with E-state index in [1.54, 1.807) is 25.6 Å². The van der Waals surface area contributed by atoms with Gasteiger partial charge in [-0.05, 0) is 51.8 Å². The van der Waals surface area contributed by atoms with Crippen LogP contribution in [0.15, 0.2) is 18.5 Å². The predicted octanol–water partition coefficient (Wildman–Crippen LogP) is 1.94. The van der Waals surface area contributed by atoms with Gasteiger partial charge in [0.1, 0.15) is 5.75 Å². The highest BCUT2D eigenvalue weighted by molar-refractivity contribution is 5.96. The number of carbonyl (C=O) groups excluding carboxylic acids is 1. The van der Waals surface area contributed by atoms with E-state index in [1.165, 1.54) is 0 Å². The second-order valence-electron chi connectivity index (χ2n) is 5.82. The van der Waals surface area contributed by atoms with Crippen molar-refractivity contribution in [2.24, 2.45) is 5.92 Å². The van der Waals surface area contributed by atoms with Crippen molar-refractivity contribution in [1.29, 1.82) is 0 Å². The lowest BCUT2D eigenvalue weighted by Crippen LogP contribution is -2.43. The zero-order valence-corrected chi connectivity index (χ0v) is 13.1. The van der Waals surface area contributed by atoms with Gasteiger partial charge < -0.3 is 15.0 Å². The molecule has 1 aromatic heterocycles. The number of piperidine rings is 1. The summed E-state index contributed by atoms with van der Waals surface area (Å²) >= 11 is 0. The molecule has 2 heterocycles. The summed E-state index contributed by atoms with van der Waals surface area (Å²) in [5.74, 6) is 1.15. The number of amides is 1. The third-order valence-electron chi connectivity index (χ3n) is 4.03. The molecule has 0 atom stereocenters. The summed E-state index contributed by atoms with van der Waals surface area (Å²) in [5, 5.41) is 3.36. The maximum absolute atomic E-state index is 12.8. The molecule has 1 saturated heterocycles. The summed E-state index contributed by atoms with van der Waals surface area (Å²) in [6.07, 6.45) is 5.49. The van der Waals surface area contributed by atoms with Crippen molar-refractivity contribution in [3.8, 4) is 5.75 Å². The van der Waals surface area contributed by atoms with Crippen molar-refractivity contribution in [1.82, 2.24) is 15.2 Å². The Hall–Kier alpha value is -1.62. The molecule has 1 amide bonds. The lowest BCUT2D eigenvalue weighted by Gasteiger charge is -2.33. The number of rotatable bonds is 5. The van der Waals surface area contributed by atoms with E-state index in [0.717, 1.165) is 32.5 Å². The van der Waals surface area contributed by atoms with Crippen molar-refractivity contribution in [2.75, 3.05) is 26.7 Å². The zero-order chi connectivity index (χ0) is 15.2. The smallest absolute Gasteiger partial charge is 0.257 e. The van der Waals surface area contributed by atoms with E-state index in [1.807, 2.05) is 4.90 Å². The van der Waals surface area contributed by atoms with Gasteiger partial charge in [0.15, 0.2) is 0 Å². The Morgan fingerprint density at radius 3 is 2.81 bits per heavy atom. The molecule has 1 fully saturated rings. The number of methoxy groups -OCH3 is 1. The fraction of sp³-hybridized carbons (Fsp3) is 0.625. The van der Waals surface area contributed by atoms with Gasteiger partial charge in [0.05, 0.1) is 18.9 Å². The molecule has 21 heavy (non-hydrogen) atoms. The molecule has 2 rings (SSSR count). The third-order valence-corrected chi connectivity index (χ3v) is 4.03. The maximum Gasteiger partial charge on any atom is 0.257 e. The van der Waals surface area contributed by atoms with Crippen LogP contribution in [0.25, 0.3) is 0 Å². The second-order valence-corrected chi connectivity index (χ2v) is 5.82. The van der Waals surface area contributed by atoms with E-state index >= 15 is 0 Å². The number of hydrogen-bond acceptors (Lipinski definition) is 4. The van der Waals surface area contributed by atoms with Gasteiger partial charge in [-0.25, -0.2) is 0 Å². The number of aromatic nitrogens is 1. The first kappa shape index (κ1) is 15.8. The Kier molecular flexibility index (Phi) is 5.56. The Labute approximate surface area is 126 Å². The van der Waals surface area contributed by atoms with Gasteiger partial charge >= 0.3 is 0 Å². The Bertz CT molecular complexity index is 470.